The molecule has 1 aliphatic rings. The van der Waals surface area contributed by atoms with Crippen molar-refractivity contribution >= 4 is 29.4 Å². The molecule has 0 spiro atoms. The molecule has 1 amide bonds. The van der Waals surface area contributed by atoms with Gasteiger partial charge in [-0.3, -0.25) is 4.79 Å². The Morgan fingerprint density at radius 3 is 2.50 bits per heavy atom. The van der Waals surface area contributed by atoms with Crippen molar-refractivity contribution in [1.29, 1.82) is 0 Å². The summed E-state index contributed by atoms with van der Waals surface area (Å²) in [5.41, 5.74) is 6.98. The van der Waals surface area contributed by atoms with E-state index in [9.17, 15) is 4.79 Å². The van der Waals surface area contributed by atoms with E-state index in [2.05, 4.69) is 22.0 Å². The number of methoxy groups -OCH3 is 1. The van der Waals surface area contributed by atoms with E-state index >= 15 is 0 Å². The number of anilines is 1. The summed E-state index contributed by atoms with van der Waals surface area (Å²) in [6.07, 6.45) is 6.41. The van der Waals surface area contributed by atoms with Crippen LogP contribution in [0, 0.1) is 0 Å². The SMILES string of the molecule is C=CCc1cc(/C=N\NC(=O)c2ccc(N3CCCC3)cc2)cc(OC)c1OCc1ccc(Cl)cc1. The van der Waals surface area contributed by atoms with Crippen LogP contribution in [-0.2, 0) is 13.0 Å². The Kier molecular flexibility index (Phi) is 8.63. The molecule has 186 valence electrons. The third-order valence-corrected chi connectivity index (χ3v) is 6.27. The Morgan fingerprint density at radius 2 is 1.83 bits per heavy atom. The second-order valence-corrected chi connectivity index (χ2v) is 9.00. The maximum atomic E-state index is 12.6. The van der Waals surface area contributed by atoms with Gasteiger partial charge in [-0.25, -0.2) is 5.43 Å². The molecule has 4 rings (SSSR count). The van der Waals surface area contributed by atoms with Gasteiger partial charge < -0.3 is 14.4 Å². The molecular formula is C29H30ClN3O3. The topological polar surface area (TPSA) is 63.2 Å². The largest absolute Gasteiger partial charge is 0.493 e. The van der Waals surface area contributed by atoms with Crippen molar-refractivity contribution in [3.63, 3.8) is 0 Å². The predicted molar refractivity (Wildman–Crippen MR) is 146 cm³/mol. The fourth-order valence-corrected chi connectivity index (χ4v) is 4.27. The average Bonchev–Trinajstić information content (AvgIpc) is 3.44. The van der Waals surface area contributed by atoms with Crippen LogP contribution in [0.1, 0.15) is 39.9 Å². The zero-order valence-corrected chi connectivity index (χ0v) is 21.1. The molecule has 1 fully saturated rings. The van der Waals surface area contributed by atoms with Gasteiger partial charge in [-0.05, 0) is 78.9 Å². The highest BCUT2D eigenvalue weighted by molar-refractivity contribution is 6.30. The first-order chi connectivity index (χ1) is 17.6. The number of ether oxygens (including phenoxy) is 2. The molecule has 0 aromatic heterocycles. The van der Waals surface area contributed by atoms with Gasteiger partial charge in [0.1, 0.15) is 6.61 Å². The van der Waals surface area contributed by atoms with Gasteiger partial charge in [-0.2, -0.15) is 5.10 Å². The molecular weight excluding hydrogens is 474 g/mol. The second kappa shape index (κ2) is 12.3. The van der Waals surface area contributed by atoms with Gasteiger partial charge in [-0.15, -0.1) is 6.58 Å². The van der Waals surface area contributed by atoms with Crippen LogP contribution in [0.25, 0.3) is 0 Å². The quantitative estimate of drug-likeness (QED) is 0.209. The van der Waals surface area contributed by atoms with E-state index in [0.29, 0.717) is 35.1 Å². The smallest absolute Gasteiger partial charge is 0.271 e. The summed E-state index contributed by atoms with van der Waals surface area (Å²) in [7, 11) is 1.59. The van der Waals surface area contributed by atoms with Crippen molar-refractivity contribution < 1.29 is 14.3 Å². The number of rotatable bonds is 10. The van der Waals surface area contributed by atoms with E-state index < -0.39 is 0 Å². The summed E-state index contributed by atoms with van der Waals surface area (Å²) in [6.45, 7) is 6.36. The standard InChI is InChI=1S/C29H30ClN3O3/c1-3-6-24-17-22(18-27(35-2)28(24)36-20-21-7-11-25(30)12-8-21)19-31-32-29(34)23-9-13-26(14-10-23)33-15-4-5-16-33/h3,7-14,17-19H,1,4-6,15-16,20H2,2H3,(H,32,34)/b31-19-. The van der Waals surface area contributed by atoms with E-state index in [1.807, 2.05) is 60.7 Å². The summed E-state index contributed by atoms with van der Waals surface area (Å²) in [6, 6.07) is 18.9. The van der Waals surface area contributed by atoms with Crippen molar-refractivity contribution in [3.8, 4) is 11.5 Å². The summed E-state index contributed by atoms with van der Waals surface area (Å²) in [5, 5.41) is 4.84. The van der Waals surface area contributed by atoms with Gasteiger partial charge in [0.25, 0.3) is 5.91 Å². The van der Waals surface area contributed by atoms with E-state index in [-0.39, 0.29) is 5.91 Å². The van der Waals surface area contributed by atoms with Crippen LogP contribution in [0.15, 0.2) is 78.4 Å². The first-order valence-corrected chi connectivity index (χ1v) is 12.3. The van der Waals surface area contributed by atoms with Crippen LogP contribution in [0.3, 0.4) is 0 Å². The molecule has 1 aliphatic heterocycles. The third-order valence-electron chi connectivity index (χ3n) is 6.02. The first kappa shape index (κ1) is 25.3. The van der Waals surface area contributed by atoms with Crippen molar-refractivity contribution in [2.75, 3.05) is 25.1 Å². The molecule has 0 unspecified atom stereocenters. The molecule has 0 aliphatic carbocycles. The number of hydrogen-bond donors (Lipinski definition) is 1. The van der Waals surface area contributed by atoms with Crippen LogP contribution in [0.2, 0.25) is 5.02 Å². The summed E-state index contributed by atoms with van der Waals surface area (Å²) < 4.78 is 11.7. The van der Waals surface area contributed by atoms with Gasteiger partial charge in [0.05, 0.1) is 13.3 Å². The number of nitrogens with one attached hydrogen (secondary N) is 1. The van der Waals surface area contributed by atoms with E-state index in [0.717, 1.165) is 35.5 Å². The van der Waals surface area contributed by atoms with Crippen molar-refractivity contribution in [1.82, 2.24) is 5.43 Å². The summed E-state index contributed by atoms with van der Waals surface area (Å²) in [5.74, 6) is 0.959. The lowest BCUT2D eigenvalue weighted by Gasteiger charge is -2.17. The molecule has 0 bridgehead atoms. The summed E-state index contributed by atoms with van der Waals surface area (Å²) >= 11 is 5.97. The number of halogens is 1. The minimum absolute atomic E-state index is 0.264. The Bertz CT molecular complexity index is 1220. The second-order valence-electron chi connectivity index (χ2n) is 8.56. The average molecular weight is 504 g/mol. The molecule has 3 aromatic carbocycles. The van der Waals surface area contributed by atoms with Gasteiger partial charge >= 0.3 is 0 Å². The molecule has 36 heavy (non-hydrogen) atoms. The molecule has 0 atom stereocenters. The maximum Gasteiger partial charge on any atom is 0.271 e. The Hall–Kier alpha value is -3.77. The van der Waals surface area contributed by atoms with E-state index in [1.54, 1.807) is 19.4 Å². The number of hydrazone groups is 1. The number of nitrogens with zero attached hydrogens (tertiary/aromatic N) is 2. The molecule has 3 aromatic rings. The molecule has 7 heteroatoms. The zero-order chi connectivity index (χ0) is 25.3. The van der Waals surface area contributed by atoms with Crippen LogP contribution in [0.4, 0.5) is 5.69 Å². The van der Waals surface area contributed by atoms with E-state index in [4.69, 9.17) is 21.1 Å². The predicted octanol–water partition coefficient (Wildman–Crippen LogP) is 6.02. The normalized spacial score (nSPS) is 13.1. The lowest BCUT2D eigenvalue weighted by Crippen LogP contribution is -2.19. The maximum absolute atomic E-state index is 12.6. The van der Waals surface area contributed by atoms with Gasteiger partial charge in [-0.1, -0.05) is 29.8 Å². The highest BCUT2D eigenvalue weighted by Crippen LogP contribution is 2.34. The fourth-order valence-electron chi connectivity index (χ4n) is 4.15. The molecule has 1 saturated heterocycles. The highest BCUT2D eigenvalue weighted by atomic mass is 35.5. The lowest BCUT2D eigenvalue weighted by atomic mass is 10.1. The number of amides is 1. The van der Waals surface area contributed by atoms with Crippen molar-refractivity contribution in [2.45, 2.75) is 25.9 Å². The molecule has 0 saturated carbocycles. The Morgan fingerprint density at radius 1 is 1.11 bits per heavy atom. The Balaban J connectivity index is 1.43. The minimum Gasteiger partial charge on any atom is -0.493 e. The van der Waals surface area contributed by atoms with E-state index in [1.165, 1.54) is 12.8 Å². The van der Waals surface area contributed by atoms with Crippen LogP contribution >= 0.6 is 11.6 Å². The van der Waals surface area contributed by atoms with Crippen LogP contribution in [0.5, 0.6) is 11.5 Å². The zero-order valence-electron chi connectivity index (χ0n) is 20.4. The number of carbonyl (C=O) groups excluding carboxylic acids is 1. The highest BCUT2D eigenvalue weighted by Gasteiger charge is 2.14. The van der Waals surface area contributed by atoms with Gasteiger partial charge in [0, 0.05) is 34.9 Å². The van der Waals surface area contributed by atoms with Crippen molar-refractivity contribution in [2.24, 2.45) is 5.10 Å². The van der Waals surface area contributed by atoms with Gasteiger partial charge in [0.2, 0.25) is 0 Å². The third kappa shape index (κ3) is 6.46. The number of benzene rings is 3. The monoisotopic (exact) mass is 503 g/mol. The van der Waals surface area contributed by atoms with Gasteiger partial charge in [0.15, 0.2) is 11.5 Å². The number of allylic oxidation sites excluding steroid dienone is 1. The minimum atomic E-state index is -0.264. The first-order valence-electron chi connectivity index (χ1n) is 11.9. The van der Waals surface area contributed by atoms with Crippen LogP contribution < -0.4 is 19.8 Å². The molecule has 1 heterocycles. The van der Waals surface area contributed by atoms with Crippen LogP contribution in [-0.4, -0.2) is 32.3 Å². The molecule has 6 nitrogen and oxygen atoms in total. The van der Waals surface area contributed by atoms with Crippen molar-refractivity contribution in [3.05, 3.63) is 101 Å². The lowest BCUT2D eigenvalue weighted by molar-refractivity contribution is 0.0955. The molecule has 0 radical (unpaired) electrons. The fraction of sp³-hybridized carbons (Fsp3) is 0.241. The number of hydrogen-bond acceptors (Lipinski definition) is 5. The summed E-state index contributed by atoms with van der Waals surface area (Å²) in [4.78, 5) is 14.9. The number of carbonyl (C=O) groups is 1. The molecule has 1 N–H and O–H groups in total. The Labute approximate surface area is 217 Å².